The van der Waals surface area contributed by atoms with Gasteiger partial charge in [0.2, 0.25) is 0 Å². The molecule has 1 amide bonds. The van der Waals surface area contributed by atoms with Gasteiger partial charge in [0.15, 0.2) is 0 Å². The number of aryl methyl sites for hydroxylation is 2. The van der Waals surface area contributed by atoms with E-state index in [0.29, 0.717) is 12.1 Å². The number of halogens is 1. The summed E-state index contributed by atoms with van der Waals surface area (Å²) in [4.78, 5) is 12.1. The van der Waals surface area contributed by atoms with Crippen LogP contribution in [-0.4, -0.2) is 12.5 Å². The summed E-state index contributed by atoms with van der Waals surface area (Å²) in [6.07, 6.45) is 0.775. The maximum absolute atomic E-state index is 12.1. The normalized spacial score (nSPS) is 10.3. The Morgan fingerprint density at radius 2 is 1.80 bits per heavy atom. The number of hydrogen-bond acceptors (Lipinski definition) is 1. The number of nitrogens with one attached hydrogen (secondary N) is 1. The first-order chi connectivity index (χ1) is 9.54. The fourth-order valence-electron chi connectivity index (χ4n) is 2.22. The molecule has 2 aromatic rings. The number of benzene rings is 2. The second-order valence-corrected chi connectivity index (χ2v) is 5.45. The average molecular weight is 288 g/mol. The van der Waals surface area contributed by atoms with Crippen molar-refractivity contribution in [1.29, 1.82) is 0 Å². The van der Waals surface area contributed by atoms with E-state index in [1.807, 2.05) is 50.2 Å². The monoisotopic (exact) mass is 287 g/mol. The molecule has 2 nitrogen and oxygen atoms in total. The Kier molecular flexibility index (Phi) is 4.80. The van der Waals surface area contributed by atoms with E-state index in [9.17, 15) is 4.79 Å². The maximum Gasteiger partial charge on any atom is 0.251 e. The van der Waals surface area contributed by atoms with E-state index >= 15 is 0 Å². The largest absolute Gasteiger partial charge is 0.352 e. The first-order valence-corrected chi connectivity index (χ1v) is 7.03. The summed E-state index contributed by atoms with van der Waals surface area (Å²) in [6.45, 7) is 4.59. The van der Waals surface area contributed by atoms with Gasteiger partial charge in [0.1, 0.15) is 0 Å². The lowest BCUT2D eigenvalue weighted by Gasteiger charge is -2.07. The molecule has 0 saturated heterocycles. The molecule has 0 unspecified atom stereocenters. The highest BCUT2D eigenvalue weighted by Crippen LogP contribution is 2.11. The fraction of sp³-hybridized carbons (Fsp3) is 0.235. The average Bonchev–Trinajstić information content (AvgIpc) is 2.37. The molecule has 20 heavy (non-hydrogen) atoms. The third kappa shape index (κ3) is 4.10. The van der Waals surface area contributed by atoms with Gasteiger partial charge in [-0.3, -0.25) is 4.79 Å². The van der Waals surface area contributed by atoms with Gasteiger partial charge in [-0.25, -0.2) is 0 Å². The van der Waals surface area contributed by atoms with Crippen molar-refractivity contribution in [1.82, 2.24) is 5.32 Å². The molecule has 0 heterocycles. The van der Waals surface area contributed by atoms with E-state index in [2.05, 4.69) is 11.4 Å². The minimum atomic E-state index is -0.0289. The van der Waals surface area contributed by atoms with Gasteiger partial charge < -0.3 is 5.32 Å². The van der Waals surface area contributed by atoms with Gasteiger partial charge in [-0.15, -0.1) is 0 Å². The lowest BCUT2D eigenvalue weighted by Crippen LogP contribution is -2.25. The van der Waals surface area contributed by atoms with Crippen LogP contribution in [0.4, 0.5) is 0 Å². The molecule has 0 aliphatic carbocycles. The van der Waals surface area contributed by atoms with Crippen LogP contribution < -0.4 is 5.32 Å². The molecule has 0 bridgehead atoms. The molecule has 0 spiro atoms. The summed E-state index contributed by atoms with van der Waals surface area (Å²) in [7, 11) is 0. The van der Waals surface area contributed by atoms with Crippen molar-refractivity contribution in [3.05, 3.63) is 69.7 Å². The second kappa shape index (κ2) is 6.58. The van der Waals surface area contributed by atoms with Crippen LogP contribution in [0.15, 0.2) is 42.5 Å². The molecule has 0 aromatic heterocycles. The minimum absolute atomic E-state index is 0.0289. The predicted octanol–water partition coefficient (Wildman–Crippen LogP) is 3.93. The van der Waals surface area contributed by atoms with Crippen LogP contribution in [0.25, 0.3) is 0 Å². The van der Waals surface area contributed by atoms with Gasteiger partial charge >= 0.3 is 0 Å². The molecule has 1 N–H and O–H groups in total. The summed E-state index contributed by atoms with van der Waals surface area (Å²) in [5, 5.41) is 3.66. The molecule has 0 radical (unpaired) electrons. The molecule has 2 aromatic carbocycles. The second-order valence-electron chi connectivity index (χ2n) is 5.01. The number of carbonyl (C=O) groups is 1. The Hall–Kier alpha value is -1.80. The molecule has 0 fully saturated rings. The highest BCUT2D eigenvalue weighted by molar-refractivity contribution is 6.30. The molecule has 104 valence electrons. The van der Waals surface area contributed by atoms with E-state index < -0.39 is 0 Å². The van der Waals surface area contributed by atoms with Gasteiger partial charge in [0.05, 0.1) is 0 Å². The van der Waals surface area contributed by atoms with Crippen molar-refractivity contribution >= 4 is 17.5 Å². The molecular weight excluding hydrogens is 270 g/mol. The third-order valence-electron chi connectivity index (χ3n) is 3.07. The van der Waals surface area contributed by atoms with Crippen LogP contribution in [0.2, 0.25) is 5.02 Å². The predicted molar refractivity (Wildman–Crippen MR) is 83.4 cm³/mol. The molecule has 3 heteroatoms. The van der Waals surface area contributed by atoms with E-state index in [0.717, 1.165) is 28.1 Å². The third-order valence-corrected chi connectivity index (χ3v) is 3.31. The standard InChI is InChI=1S/C17H18ClNO/c1-12-8-13(2)10-15(9-12)17(20)19-7-6-14-4-3-5-16(18)11-14/h3-5,8-11H,6-7H2,1-2H3,(H,19,20). The maximum atomic E-state index is 12.1. The van der Waals surface area contributed by atoms with Gasteiger partial charge in [0.25, 0.3) is 5.91 Å². The molecule has 0 aliphatic heterocycles. The minimum Gasteiger partial charge on any atom is -0.352 e. The molecule has 2 rings (SSSR count). The van der Waals surface area contributed by atoms with E-state index in [4.69, 9.17) is 11.6 Å². The summed E-state index contributed by atoms with van der Waals surface area (Å²) in [6, 6.07) is 13.6. The van der Waals surface area contributed by atoms with Crippen LogP contribution in [0, 0.1) is 13.8 Å². The van der Waals surface area contributed by atoms with Crippen LogP contribution in [0.1, 0.15) is 27.0 Å². The number of hydrogen-bond donors (Lipinski definition) is 1. The Labute approximate surface area is 124 Å². The molecule has 0 aliphatic rings. The quantitative estimate of drug-likeness (QED) is 0.907. The van der Waals surface area contributed by atoms with Crippen molar-refractivity contribution in [2.45, 2.75) is 20.3 Å². The molecule has 0 saturated carbocycles. The summed E-state index contributed by atoms with van der Waals surface area (Å²) >= 11 is 5.93. The molecule has 0 atom stereocenters. The number of carbonyl (C=O) groups excluding carboxylic acids is 1. The Balaban J connectivity index is 1.92. The SMILES string of the molecule is Cc1cc(C)cc(C(=O)NCCc2cccc(Cl)c2)c1. The van der Waals surface area contributed by atoms with E-state index in [-0.39, 0.29) is 5.91 Å². The highest BCUT2D eigenvalue weighted by Gasteiger charge is 2.06. The van der Waals surface area contributed by atoms with E-state index in [1.165, 1.54) is 0 Å². The summed E-state index contributed by atoms with van der Waals surface area (Å²) in [5.41, 5.74) is 4.04. The first-order valence-electron chi connectivity index (χ1n) is 6.65. The Morgan fingerprint density at radius 1 is 1.10 bits per heavy atom. The van der Waals surface area contributed by atoms with Crippen LogP contribution >= 0.6 is 11.6 Å². The smallest absolute Gasteiger partial charge is 0.251 e. The lowest BCUT2D eigenvalue weighted by atomic mass is 10.1. The van der Waals surface area contributed by atoms with Crippen molar-refractivity contribution in [3.63, 3.8) is 0 Å². The van der Waals surface area contributed by atoms with Gasteiger partial charge in [-0.1, -0.05) is 40.9 Å². The lowest BCUT2D eigenvalue weighted by molar-refractivity contribution is 0.0954. The zero-order chi connectivity index (χ0) is 14.5. The van der Waals surface area contributed by atoms with Crippen LogP contribution in [0.3, 0.4) is 0 Å². The Bertz CT molecular complexity index is 602. The molecular formula is C17H18ClNO. The van der Waals surface area contributed by atoms with Gasteiger partial charge in [0, 0.05) is 17.1 Å². The number of rotatable bonds is 4. The zero-order valence-corrected chi connectivity index (χ0v) is 12.5. The topological polar surface area (TPSA) is 29.1 Å². The van der Waals surface area contributed by atoms with Crippen molar-refractivity contribution in [3.8, 4) is 0 Å². The van der Waals surface area contributed by atoms with Crippen LogP contribution in [-0.2, 0) is 6.42 Å². The van der Waals surface area contributed by atoms with Crippen LogP contribution in [0.5, 0.6) is 0 Å². The fourth-order valence-corrected chi connectivity index (χ4v) is 2.43. The van der Waals surface area contributed by atoms with Crippen molar-refractivity contribution in [2.24, 2.45) is 0 Å². The summed E-state index contributed by atoms with van der Waals surface area (Å²) < 4.78 is 0. The van der Waals surface area contributed by atoms with Gasteiger partial charge in [-0.2, -0.15) is 0 Å². The van der Waals surface area contributed by atoms with E-state index in [1.54, 1.807) is 0 Å². The Morgan fingerprint density at radius 3 is 2.45 bits per heavy atom. The summed E-state index contributed by atoms with van der Waals surface area (Å²) in [5.74, 6) is -0.0289. The van der Waals surface area contributed by atoms with Crippen molar-refractivity contribution < 1.29 is 4.79 Å². The zero-order valence-electron chi connectivity index (χ0n) is 11.7. The highest BCUT2D eigenvalue weighted by atomic mass is 35.5. The first kappa shape index (κ1) is 14.6. The van der Waals surface area contributed by atoms with Crippen molar-refractivity contribution in [2.75, 3.05) is 6.54 Å². The number of amides is 1. The van der Waals surface area contributed by atoms with Gasteiger partial charge in [-0.05, 0) is 50.1 Å².